The van der Waals surface area contributed by atoms with Crippen molar-refractivity contribution in [3.63, 3.8) is 0 Å². The molecule has 182 valence electrons. The SMILES string of the molecule is CC(=O)OC1CCC2(C)C(CCC3C2CCC2(C)C3CC3OC(CCC(C)C)C(C)C32)C1. The molecule has 0 aromatic rings. The fourth-order valence-electron chi connectivity index (χ4n) is 10.1. The lowest BCUT2D eigenvalue weighted by atomic mass is 9.44. The van der Waals surface area contributed by atoms with Crippen LogP contribution in [-0.2, 0) is 14.3 Å². The van der Waals surface area contributed by atoms with Crippen molar-refractivity contribution in [3.8, 4) is 0 Å². The second-order valence-corrected chi connectivity index (χ2v) is 13.5. The Morgan fingerprint density at radius 1 is 1.03 bits per heavy atom. The second kappa shape index (κ2) is 8.28. The summed E-state index contributed by atoms with van der Waals surface area (Å²) in [6.07, 6.45) is 14.0. The van der Waals surface area contributed by atoms with Crippen LogP contribution in [0.1, 0.15) is 106 Å². The van der Waals surface area contributed by atoms with Crippen LogP contribution in [-0.4, -0.2) is 24.3 Å². The third-order valence-electron chi connectivity index (χ3n) is 11.6. The Kier molecular flexibility index (Phi) is 6.00. The minimum atomic E-state index is -0.0981. The Balaban J connectivity index is 1.30. The molecular formula is C29H48O3. The highest BCUT2D eigenvalue weighted by atomic mass is 16.5. The zero-order chi connectivity index (χ0) is 22.8. The van der Waals surface area contributed by atoms with Crippen LogP contribution in [0, 0.1) is 52.3 Å². The first-order valence-corrected chi connectivity index (χ1v) is 14.0. The van der Waals surface area contributed by atoms with E-state index in [1.165, 1.54) is 51.4 Å². The Morgan fingerprint density at radius 2 is 1.78 bits per heavy atom. The van der Waals surface area contributed by atoms with E-state index in [1.54, 1.807) is 6.92 Å². The average Bonchev–Trinajstić information content (AvgIpc) is 3.20. The van der Waals surface area contributed by atoms with E-state index >= 15 is 0 Å². The maximum Gasteiger partial charge on any atom is 0.302 e. The molecule has 0 N–H and O–H groups in total. The van der Waals surface area contributed by atoms with Gasteiger partial charge in [0.15, 0.2) is 0 Å². The van der Waals surface area contributed by atoms with Crippen LogP contribution in [0.15, 0.2) is 0 Å². The van der Waals surface area contributed by atoms with E-state index in [0.29, 0.717) is 23.0 Å². The van der Waals surface area contributed by atoms with Crippen molar-refractivity contribution in [2.24, 2.45) is 52.3 Å². The molecule has 4 saturated carbocycles. The molecule has 0 radical (unpaired) electrons. The number of carbonyl (C=O) groups is 1. The van der Waals surface area contributed by atoms with Crippen LogP contribution >= 0.6 is 0 Å². The third kappa shape index (κ3) is 3.59. The van der Waals surface area contributed by atoms with Gasteiger partial charge in [0.05, 0.1) is 12.2 Å². The third-order valence-corrected chi connectivity index (χ3v) is 11.6. The van der Waals surface area contributed by atoms with Gasteiger partial charge in [-0.25, -0.2) is 0 Å². The Hall–Kier alpha value is -0.570. The minimum Gasteiger partial charge on any atom is -0.463 e. The monoisotopic (exact) mass is 444 g/mol. The van der Waals surface area contributed by atoms with Gasteiger partial charge >= 0.3 is 5.97 Å². The lowest BCUT2D eigenvalue weighted by molar-refractivity contribution is -0.160. The van der Waals surface area contributed by atoms with Gasteiger partial charge in [-0.3, -0.25) is 4.79 Å². The number of hydrogen-bond donors (Lipinski definition) is 0. The summed E-state index contributed by atoms with van der Waals surface area (Å²) in [6, 6.07) is 0. The summed E-state index contributed by atoms with van der Waals surface area (Å²) < 4.78 is 12.5. The van der Waals surface area contributed by atoms with Gasteiger partial charge in [0.25, 0.3) is 0 Å². The largest absolute Gasteiger partial charge is 0.463 e. The fraction of sp³-hybridized carbons (Fsp3) is 0.966. The summed E-state index contributed by atoms with van der Waals surface area (Å²) >= 11 is 0. The molecule has 5 rings (SSSR count). The molecule has 0 aromatic carbocycles. The maximum absolute atomic E-state index is 11.5. The smallest absolute Gasteiger partial charge is 0.302 e. The van der Waals surface area contributed by atoms with E-state index in [9.17, 15) is 4.79 Å². The molecule has 0 bridgehead atoms. The molecule has 32 heavy (non-hydrogen) atoms. The van der Waals surface area contributed by atoms with Crippen LogP contribution in [0.4, 0.5) is 0 Å². The maximum atomic E-state index is 11.5. The zero-order valence-electron chi connectivity index (χ0n) is 21.6. The molecule has 0 aromatic heterocycles. The van der Waals surface area contributed by atoms with Gasteiger partial charge < -0.3 is 9.47 Å². The van der Waals surface area contributed by atoms with Gasteiger partial charge in [-0.15, -0.1) is 0 Å². The van der Waals surface area contributed by atoms with E-state index in [2.05, 4.69) is 34.6 Å². The Morgan fingerprint density at radius 3 is 2.50 bits per heavy atom. The van der Waals surface area contributed by atoms with Gasteiger partial charge in [0.1, 0.15) is 6.10 Å². The van der Waals surface area contributed by atoms with Crippen LogP contribution in [0.2, 0.25) is 0 Å². The number of hydrogen-bond acceptors (Lipinski definition) is 3. The van der Waals surface area contributed by atoms with Gasteiger partial charge in [0.2, 0.25) is 0 Å². The summed E-state index contributed by atoms with van der Waals surface area (Å²) in [5.74, 6) is 5.51. The number of carbonyl (C=O) groups excluding carboxylic acids is 1. The standard InChI is InChI=1S/C29H48O3/c1-17(2)7-10-25-18(3)27-26(32-25)16-24-22-9-8-20-15-21(31-19(4)30)11-13-28(20,5)23(22)12-14-29(24,27)6/h17-18,20-27H,7-16H2,1-6H3. The van der Waals surface area contributed by atoms with E-state index in [1.807, 2.05) is 0 Å². The quantitative estimate of drug-likeness (QED) is 0.437. The summed E-state index contributed by atoms with van der Waals surface area (Å²) in [7, 11) is 0. The molecule has 1 saturated heterocycles. The molecule has 3 heteroatoms. The first-order valence-electron chi connectivity index (χ1n) is 14.0. The van der Waals surface area contributed by atoms with Gasteiger partial charge in [-0.2, -0.15) is 0 Å². The van der Waals surface area contributed by atoms with Crippen molar-refractivity contribution in [2.75, 3.05) is 0 Å². The first kappa shape index (κ1) is 23.2. The molecule has 4 aliphatic carbocycles. The topological polar surface area (TPSA) is 35.5 Å². The number of ether oxygens (including phenoxy) is 2. The van der Waals surface area contributed by atoms with Crippen LogP contribution in [0.3, 0.4) is 0 Å². The highest BCUT2D eigenvalue weighted by Gasteiger charge is 2.65. The lowest BCUT2D eigenvalue weighted by Gasteiger charge is -2.61. The summed E-state index contributed by atoms with van der Waals surface area (Å²) in [6.45, 7) is 14.0. The zero-order valence-corrected chi connectivity index (χ0v) is 21.6. The lowest BCUT2D eigenvalue weighted by Crippen LogP contribution is -2.54. The van der Waals surface area contributed by atoms with E-state index in [0.717, 1.165) is 54.3 Å². The van der Waals surface area contributed by atoms with Crippen LogP contribution in [0.5, 0.6) is 0 Å². The Labute approximate surface area is 196 Å². The van der Waals surface area contributed by atoms with Crippen molar-refractivity contribution >= 4 is 5.97 Å². The molecule has 5 fully saturated rings. The van der Waals surface area contributed by atoms with Crippen molar-refractivity contribution in [1.82, 2.24) is 0 Å². The minimum absolute atomic E-state index is 0.0981. The normalized spacial score (nSPS) is 52.2. The van der Waals surface area contributed by atoms with Crippen molar-refractivity contribution < 1.29 is 14.3 Å². The van der Waals surface area contributed by atoms with Crippen molar-refractivity contribution in [1.29, 1.82) is 0 Å². The molecule has 1 heterocycles. The molecule has 0 amide bonds. The molecule has 5 aliphatic rings. The summed E-state index contributed by atoms with van der Waals surface area (Å²) in [5.41, 5.74) is 0.931. The number of rotatable bonds is 4. The predicted molar refractivity (Wildman–Crippen MR) is 128 cm³/mol. The molecule has 3 nitrogen and oxygen atoms in total. The van der Waals surface area contributed by atoms with Gasteiger partial charge in [0, 0.05) is 6.92 Å². The number of esters is 1. The van der Waals surface area contributed by atoms with Gasteiger partial charge in [-0.05, 0) is 116 Å². The first-order chi connectivity index (χ1) is 15.1. The number of fused-ring (bicyclic) bond motifs is 7. The van der Waals surface area contributed by atoms with Gasteiger partial charge in [-0.1, -0.05) is 34.6 Å². The highest BCUT2D eigenvalue weighted by molar-refractivity contribution is 5.66. The van der Waals surface area contributed by atoms with E-state index in [-0.39, 0.29) is 12.1 Å². The molecule has 1 aliphatic heterocycles. The molecule has 11 unspecified atom stereocenters. The fourth-order valence-corrected chi connectivity index (χ4v) is 10.1. The van der Waals surface area contributed by atoms with Crippen molar-refractivity contribution in [3.05, 3.63) is 0 Å². The van der Waals surface area contributed by atoms with Crippen LogP contribution < -0.4 is 0 Å². The van der Waals surface area contributed by atoms with E-state index < -0.39 is 0 Å². The molecule has 11 atom stereocenters. The van der Waals surface area contributed by atoms with E-state index in [4.69, 9.17) is 9.47 Å². The summed E-state index contributed by atoms with van der Waals surface area (Å²) in [5, 5.41) is 0. The predicted octanol–water partition coefficient (Wildman–Crippen LogP) is 7.03. The average molecular weight is 445 g/mol. The molecular weight excluding hydrogens is 396 g/mol. The summed E-state index contributed by atoms with van der Waals surface area (Å²) in [4.78, 5) is 11.5. The molecule has 0 spiro atoms. The van der Waals surface area contributed by atoms with Crippen molar-refractivity contribution in [2.45, 2.75) is 124 Å². The highest BCUT2D eigenvalue weighted by Crippen LogP contribution is 2.70. The Bertz CT molecular complexity index is 717. The second-order valence-electron chi connectivity index (χ2n) is 13.5. The van der Waals surface area contributed by atoms with Crippen LogP contribution in [0.25, 0.3) is 0 Å².